The molecule has 0 saturated carbocycles. The first kappa shape index (κ1) is 12.1. The lowest BCUT2D eigenvalue weighted by molar-refractivity contribution is -0.149. The number of esters is 1. The molecule has 0 aromatic carbocycles. The fourth-order valence-corrected chi connectivity index (χ4v) is 0.711. The lowest BCUT2D eigenvalue weighted by Gasteiger charge is -2.07. The van der Waals surface area contributed by atoms with Gasteiger partial charge in [0.05, 0.1) is 0 Å². The van der Waals surface area contributed by atoms with Crippen molar-refractivity contribution in [2.45, 2.75) is 34.1 Å². The van der Waals surface area contributed by atoms with Crippen LogP contribution in [0.2, 0.25) is 0 Å². The van der Waals surface area contributed by atoms with Gasteiger partial charge in [0.2, 0.25) is 0 Å². The van der Waals surface area contributed by atoms with E-state index >= 15 is 0 Å². The quantitative estimate of drug-likeness (QED) is 0.615. The second-order valence-electron chi connectivity index (χ2n) is 3.88. The number of ether oxygens (including phenoxy) is 1. The van der Waals surface area contributed by atoms with Crippen LogP contribution in [-0.4, -0.2) is 18.4 Å². The zero-order valence-corrected chi connectivity index (χ0v) is 8.79. The third-order valence-corrected chi connectivity index (χ3v) is 1.59. The SMILES string of the molecule is CC(C)CC(=O)OCC(=O)C(C)C. The van der Waals surface area contributed by atoms with Gasteiger partial charge in [0.15, 0.2) is 5.78 Å². The Hall–Kier alpha value is -0.860. The van der Waals surface area contributed by atoms with Crippen molar-refractivity contribution in [2.24, 2.45) is 11.8 Å². The number of carbonyl (C=O) groups excluding carboxylic acids is 2. The fourth-order valence-electron chi connectivity index (χ4n) is 0.711. The Labute approximate surface area is 79.5 Å². The summed E-state index contributed by atoms with van der Waals surface area (Å²) < 4.78 is 4.79. The molecular weight excluding hydrogens is 168 g/mol. The highest BCUT2D eigenvalue weighted by Crippen LogP contribution is 2.02. The zero-order valence-electron chi connectivity index (χ0n) is 8.79. The first-order valence-corrected chi connectivity index (χ1v) is 4.61. The van der Waals surface area contributed by atoms with E-state index in [1.54, 1.807) is 13.8 Å². The molecule has 0 amide bonds. The molecule has 0 fully saturated rings. The molecule has 76 valence electrons. The first-order valence-electron chi connectivity index (χ1n) is 4.61. The van der Waals surface area contributed by atoms with Gasteiger partial charge in [-0.3, -0.25) is 9.59 Å². The van der Waals surface area contributed by atoms with Gasteiger partial charge in [0.25, 0.3) is 0 Å². The molecule has 0 aromatic rings. The molecule has 0 rings (SSSR count). The highest BCUT2D eigenvalue weighted by molar-refractivity contribution is 5.83. The Kier molecular flexibility index (Phi) is 5.35. The molecule has 0 heterocycles. The second-order valence-corrected chi connectivity index (χ2v) is 3.88. The maximum atomic E-state index is 11.1. The third kappa shape index (κ3) is 6.31. The standard InChI is InChI=1S/C10H18O3/c1-7(2)5-10(12)13-6-9(11)8(3)4/h7-8H,5-6H2,1-4H3. The molecule has 13 heavy (non-hydrogen) atoms. The molecular formula is C10H18O3. The van der Waals surface area contributed by atoms with Crippen LogP contribution in [0.4, 0.5) is 0 Å². The van der Waals surface area contributed by atoms with Gasteiger partial charge in [-0.25, -0.2) is 0 Å². The Bertz CT molecular complexity index is 183. The summed E-state index contributed by atoms with van der Waals surface area (Å²) in [5.41, 5.74) is 0. The summed E-state index contributed by atoms with van der Waals surface area (Å²) in [5, 5.41) is 0. The third-order valence-electron chi connectivity index (χ3n) is 1.59. The molecule has 0 atom stereocenters. The van der Waals surface area contributed by atoms with Crippen LogP contribution in [0.15, 0.2) is 0 Å². The lowest BCUT2D eigenvalue weighted by atomic mass is 10.1. The van der Waals surface area contributed by atoms with Gasteiger partial charge in [-0.15, -0.1) is 0 Å². The highest BCUT2D eigenvalue weighted by Gasteiger charge is 2.11. The minimum absolute atomic E-state index is 0.0305. The maximum absolute atomic E-state index is 11.1. The highest BCUT2D eigenvalue weighted by atomic mass is 16.5. The van der Waals surface area contributed by atoms with Crippen LogP contribution in [0.25, 0.3) is 0 Å². The van der Waals surface area contributed by atoms with Gasteiger partial charge in [-0.05, 0) is 5.92 Å². The van der Waals surface area contributed by atoms with Crippen LogP contribution in [-0.2, 0) is 14.3 Å². The molecule has 3 heteroatoms. The van der Waals surface area contributed by atoms with Crippen LogP contribution >= 0.6 is 0 Å². The first-order chi connectivity index (χ1) is 5.93. The molecule has 3 nitrogen and oxygen atoms in total. The predicted octanol–water partition coefficient (Wildman–Crippen LogP) is 1.80. The summed E-state index contributed by atoms with van der Waals surface area (Å²) in [6.45, 7) is 7.37. The summed E-state index contributed by atoms with van der Waals surface area (Å²) >= 11 is 0. The van der Waals surface area contributed by atoms with Crippen molar-refractivity contribution in [1.82, 2.24) is 0 Å². The Morgan fingerprint density at radius 3 is 2.08 bits per heavy atom. The van der Waals surface area contributed by atoms with Crippen molar-refractivity contribution in [3.05, 3.63) is 0 Å². The zero-order chi connectivity index (χ0) is 10.4. The molecule has 0 aliphatic carbocycles. The summed E-state index contributed by atoms with van der Waals surface area (Å²) in [6.07, 6.45) is 0.380. The summed E-state index contributed by atoms with van der Waals surface area (Å²) in [7, 11) is 0. The lowest BCUT2D eigenvalue weighted by Crippen LogP contribution is -2.18. The summed E-state index contributed by atoms with van der Waals surface area (Å²) in [4.78, 5) is 22.1. The molecule has 0 N–H and O–H groups in total. The van der Waals surface area contributed by atoms with Crippen LogP contribution in [0.3, 0.4) is 0 Å². The van der Waals surface area contributed by atoms with Gasteiger partial charge in [-0.1, -0.05) is 27.7 Å². The van der Waals surface area contributed by atoms with Gasteiger partial charge < -0.3 is 4.74 Å². The van der Waals surface area contributed by atoms with Crippen molar-refractivity contribution < 1.29 is 14.3 Å². The van der Waals surface area contributed by atoms with E-state index in [0.717, 1.165) is 0 Å². The van der Waals surface area contributed by atoms with E-state index in [1.807, 2.05) is 13.8 Å². The van der Waals surface area contributed by atoms with Crippen molar-refractivity contribution in [3.8, 4) is 0 Å². The van der Waals surface area contributed by atoms with Gasteiger partial charge in [0.1, 0.15) is 6.61 Å². The number of Topliss-reactive ketones (excluding diaryl/α,β-unsaturated/α-hetero) is 1. The van der Waals surface area contributed by atoms with Gasteiger partial charge >= 0.3 is 5.97 Å². The average Bonchev–Trinajstić information content (AvgIpc) is 1.98. The van der Waals surface area contributed by atoms with Crippen molar-refractivity contribution in [1.29, 1.82) is 0 Å². The molecule has 0 aliphatic heterocycles. The van der Waals surface area contributed by atoms with E-state index in [2.05, 4.69) is 0 Å². The van der Waals surface area contributed by atoms with Crippen molar-refractivity contribution in [3.63, 3.8) is 0 Å². The van der Waals surface area contributed by atoms with Crippen LogP contribution in [0.5, 0.6) is 0 Å². The molecule has 0 radical (unpaired) electrons. The van der Waals surface area contributed by atoms with E-state index in [4.69, 9.17) is 4.74 Å². The minimum Gasteiger partial charge on any atom is -0.458 e. The van der Waals surface area contributed by atoms with Crippen molar-refractivity contribution in [2.75, 3.05) is 6.61 Å². The van der Waals surface area contributed by atoms with E-state index in [1.165, 1.54) is 0 Å². The number of carbonyl (C=O) groups is 2. The summed E-state index contributed by atoms with van der Waals surface area (Å²) in [6, 6.07) is 0. The van der Waals surface area contributed by atoms with Crippen LogP contribution in [0, 0.1) is 11.8 Å². The normalized spacial score (nSPS) is 10.6. The van der Waals surface area contributed by atoms with E-state index in [-0.39, 0.29) is 30.2 Å². The van der Waals surface area contributed by atoms with E-state index in [0.29, 0.717) is 6.42 Å². The topological polar surface area (TPSA) is 43.4 Å². The number of ketones is 1. The minimum atomic E-state index is -0.288. The molecule has 0 aliphatic rings. The predicted molar refractivity (Wildman–Crippen MR) is 50.3 cm³/mol. The second kappa shape index (κ2) is 5.73. The Morgan fingerprint density at radius 2 is 1.69 bits per heavy atom. The van der Waals surface area contributed by atoms with Crippen molar-refractivity contribution >= 4 is 11.8 Å². The van der Waals surface area contributed by atoms with E-state index < -0.39 is 0 Å². The monoisotopic (exact) mass is 186 g/mol. The number of hydrogen-bond acceptors (Lipinski definition) is 3. The van der Waals surface area contributed by atoms with Crippen LogP contribution in [0.1, 0.15) is 34.1 Å². The number of rotatable bonds is 5. The fraction of sp³-hybridized carbons (Fsp3) is 0.800. The maximum Gasteiger partial charge on any atom is 0.306 e. The molecule has 0 spiro atoms. The van der Waals surface area contributed by atoms with Gasteiger partial charge in [0, 0.05) is 12.3 Å². The molecule has 0 aromatic heterocycles. The molecule has 0 unspecified atom stereocenters. The molecule has 0 bridgehead atoms. The van der Waals surface area contributed by atoms with Gasteiger partial charge in [-0.2, -0.15) is 0 Å². The average molecular weight is 186 g/mol. The van der Waals surface area contributed by atoms with E-state index in [9.17, 15) is 9.59 Å². The summed E-state index contributed by atoms with van der Waals surface area (Å²) in [5.74, 6) is -0.102. The largest absolute Gasteiger partial charge is 0.458 e. The smallest absolute Gasteiger partial charge is 0.306 e. The Balaban J connectivity index is 3.64. The Morgan fingerprint density at radius 1 is 1.15 bits per heavy atom. The molecule has 0 saturated heterocycles. The number of hydrogen-bond donors (Lipinski definition) is 0. The van der Waals surface area contributed by atoms with Crippen LogP contribution < -0.4 is 0 Å².